The SMILES string of the molecule is CCOC(=O)CC(OC)C(C)O. The number of hydrogen-bond acceptors (Lipinski definition) is 4. The lowest BCUT2D eigenvalue weighted by atomic mass is 10.1. The first-order valence-corrected chi connectivity index (χ1v) is 3.98. The second kappa shape index (κ2) is 5.97. The predicted octanol–water partition coefficient (Wildman–Crippen LogP) is 0.335. The van der Waals surface area contributed by atoms with E-state index in [4.69, 9.17) is 14.6 Å². The van der Waals surface area contributed by atoms with Gasteiger partial charge in [-0.15, -0.1) is 0 Å². The summed E-state index contributed by atoms with van der Waals surface area (Å²) >= 11 is 0. The molecule has 0 aliphatic rings. The third-order valence-corrected chi connectivity index (χ3v) is 1.51. The molecule has 2 unspecified atom stereocenters. The zero-order valence-corrected chi connectivity index (χ0v) is 7.74. The summed E-state index contributed by atoms with van der Waals surface area (Å²) in [6.07, 6.45) is -1.02. The van der Waals surface area contributed by atoms with Crippen molar-refractivity contribution >= 4 is 5.97 Å². The summed E-state index contributed by atoms with van der Waals surface area (Å²) in [6.45, 7) is 3.67. The molecule has 0 bridgehead atoms. The molecule has 0 aliphatic carbocycles. The fraction of sp³-hybridized carbons (Fsp3) is 0.875. The van der Waals surface area contributed by atoms with E-state index < -0.39 is 12.2 Å². The van der Waals surface area contributed by atoms with Gasteiger partial charge in [0, 0.05) is 7.11 Å². The van der Waals surface area contributed by atoms with E-state index in [2.05, 4.69) is 0 Å². The zero-order valence-electron chi connectivity index (χ0n) is 7.74. The Morgan fingerprint density at radius 2 is 2.17 bits per heavy atom. The highest BCUT2D eigenvalue weighted by atomic mass is 16.5. The zero-order chi connectivity index (χ0) is 9.56. The number of hydrogen-bond donors (Lipinski definition) is 1. The molecule has 0 amide bonds. The highest BCUT2D eigenvalue weighted by Crippen LogP contribution is 2.04. The van der Waals surface area contributed by atoms with Crippen molar-refractivity contribution in [3.05, 3.63) is 0 Å². The van der Waals surface area contributed by atoms with Gasteiger partial charge in [-0.05, 0) is 13.8 Å². The van der Waals surface area contributed by atoms with E-state index in [9.17, 15) is 4.79 Å². The van der Waals surface area contributed by atoms with Crippen LogP contribution in [0.5, 0.6) is 0 Å². The van der Waals surface area contributed by atoms with Gasteiger partial charge in [-0.25, -0.2) is 0 Å². The summed E-state index contributed by atoms with van der Waals surface area (Å²) in [4.78, 5) is 10.9. The number of esters is 1. The van der Waals surface area contributed by atoms with E-state index in [0.29, 0.717) is 6.61 Å². The second-order valence-electron chi connectivity index (χ2n) is 2.52. The van der Waals surface area contributed by atoms with Gasteiger partial charge in [0.1, 0.15) is 0 Å². The van der Waals surface area contributed by atoms with E-state index in [1.165, 1.54) is 7.11 Å². The molecule has 1 N–H and O–H groups in total. The van der Waals surface area contributed by atoms with E-state index in [1.807, 2.05) is 0 Å². The average Bonchev–Trinajstić information content (AvgIpc) is 2.00. The average molecular weight is 176 g/mol. The smallest absolute Gasteiger partial charge is 0.308 e. The molecule has 4 heteroatoms. The fourth-order valence-corrected chi connectivity index (χ4v) is 0.835. The van der Waals surface area contributed by atoms with Gasteiger partial charge in [0.15, 0.2) is 0 Å². The van der Waals surface area contributed by atoms with Crippen molar-refractivity contribution < 1.29 is 19.4 Å². The Labute approximate surface area is 72.5 Å². The van der Waals surface area contributed by atoms with Crippen molar-refractivity contribution in [2.24, 2.45) is 0 Å². The monoisotopic (exact) mass is 176 g/mol. The second-order valence-corrected chi connectivity index (χ2v) is 2.52. The predicted molar refractivity (Wildman–Crippen MR) is 43.7 cm³/mol. The lowest BCUT2D eigenvalue weighted by Crippen LogP contribution is -2.28. The van der Waals surface area contributed by atoms with Crippen LogP contribution < -0.4 is 0 Å². The molecule has 2 atom stereocenters. The summed E-state index contributed by atoms with van der Waals surface area (Å²) in [5, 5.41) is 9.10. The number of carbonyl (C=O) groups excluding carboxylic acids is 1. The van der Waals surface area contributed by atoms with Crippen LogP contribution in [0.4, 0.5) is 0 Å². The van der Waals surface area contributed by atoms with E-state index in [-0.39, 0.29) is 12.4 Å². The third kappa shape index (κ3) is 4.31. The van der Waals surface area contributed by atoms with Crippen LogP contribution in [0.3, 0.4) is 0 Å². The van der Waals surface area contributed by atoms with E-state index in [0.717, 1.165) is 0 Å². The Hall–Kier alpha value is -0.610. The van der Waals surface area contributed by atoms with Crippen LogP contribution in [0.25, 0.3) is 0 Å². The van der Waals surface area contributed by atoms with Crippen LogP contribution in [0, 0.1) is 0 Å². The number of aliphatic hydroxyl groups excluding tert-OH is 1. The number of ether oxygens (including phenoxy) is 2. The molecule has 0 rings (SSSR count). The number of rotatable bonds is 5. The molecule has 4 nitrogen and oxygen atoms in total. The normalized spacial score (nSPS) is 15.3. The quantitative estimate of drug-likeness (QED) is 0.613. The van der Waals surface area contributed by atoms with Gasteiger partial charge < -0.3 is 14.6 Å². The van der Waals surface area contributed by atoms with Crippen molar-refractivity contribution in [3.8, 4) is 0 Å². The first kappa shape index (κ1) is 11.4. The molecule has 72 valence electrons. The lowest BCUT2D eigenvalue weighted by molar-refractivity contribution is -0.147. The van der Waals surface area contributed by atoms with Crippen LogP contribution in [0.15, 0.2) is 0 Å². The number of carbonyl (C=O) groups is 1. The van der Waals surface area contributed by atoms with Gasteiger partial charge in [0.25, 0.3) is 0 Å². The van der Waals surface area contributed by atoms with Gasteiger partial charge in [-0.2, -0.15) is 0 Å². The Morgan fingerprint density at radius 1 is 1.58 bits per heavy atom. The van der Waals surface area contributed by atoms with E-state index >= 15 is 0 Å². The molecular weight excluding hydrogens is 160 g/mol. The van der Waals surface area contributed by atoms with Gasteiger partial charge in [-0.1, -0.05) is 0 Å². The van der Waals surface area contributed by atoms with Gasteiger partial charge in [-0.3, -0.25) is 4.79 Å². The Kier molecular flexibility index (Phi) is 5.66. The Balaban J connectivity index is 3.77. The highest BCUT2D eigenvalue weighted by molar-refractivity contribution is 5.70. The summed E-state index contributed by atoms with van der Waals surface area (Å²) in [7, 11) is 1.45. The molecule has 0 aromatic heterocycles. The molecule has 0 aromatic rings. The van der Waals surface area contributed by atoms with Crippen LogP contribution in [0.2, 0.25) is 0 Å². The van der Waals surface area contributed by atoms with Crippen molar-refractivity contribution in [1.82, 2.24) is 0 Å². The topological polar surface area (TPSA) is 55.8 Å². The van der Waals surface area contributed by atoms with Crippen LogP contribution in [0.1, 0.15) is 20.3 Å². The molecular formula is C8H16O4. The van der Waals surface area contributed by atoms with Crippen LogP contribution >= 0.6 is 0 Å². The molecule has 0 fully saturated rings. The fourth-order valence-electron chi connectivity index (χ4n) is 0.835. The van der Waals surface area contributed by atoms with Gasteiger partial charge in [0.05, 0.1) is 25.2 Å². The third-order valence-electron chi connectivity index (χ3n) is 1.51. The van der Waals surface area contributed by atoms with Crippen molar-refractivity contribution in [3.63, 3.8) is 0 Å². The summed E-state index contributed by atoms with van der Waals surface area (Å²) < 4.78 is 9.57. The van der Waals surface area contributed by atoms with Gasteiger partial charge >= 0.3 is 5.97 Å². The molecule has 0 aromatic carbocycles. The number of aliphatic hydroxyl groups is 1. The largest absolute Gasteiger partial charge is 0.466 e. The molecule has 0 saturated carbocycles. The summed E-state index contributed by atoms with van der Waals surface area (Å²) in [5.74, 6) is -0.342. The maximum Gasteiger partial charge on any atom is 0.308 e. The molecule has 0 heterocycles. The minimum atomic E-state index is -0.653. The van der Waals surface area contributed by atoms with E-state index in [1.54, 1.807) is 13.8 Å². The maximum atomic E-state index is 10.9. The maximum absolute atomic E-state index is 10.9. The summed E-state index contributed by atoms with van der Waals surface area (Å²) in [5.41, 5.74) is 0. The van der Waals surface area contributed by atoms with Crippen molar-refractivity contribution in [1.29, 1.82) is 0 Å². The molecule has 0 aliphatic heterocycles. The molecule has 12 heavy (non-hydrogen) atoms. The molecule has 0 spiro atoms. The Bertz CT molecular complexity index is 133. The molecule has 0 saturated heterocycles. The highest BCUT2D eigenvalue weighted by Gasteiger charge is 2.18. The Morgan fingerprint density at radius 3 is 2.50 bits per heavy atom. The van der Waals surface area contributed by atoms with Crippen LogP contribution in [-0.2, 0) is 14.3 Å². The standard InChI is InChI=1S/C8H16O4/c1-4-12-8(10)5-7(11-3)6(2)9/h6-7,9H,4-5H2,1-3H3. The molecule has 0 radical (unpaired) electrons. The van der Waals surface area contributed by atoms with Crippen LogP contribution in [-0.4, -0.2) is 37.0 Å². The minimum Gasteiger partial charge on any atom is -0.466 e. The first-order valence-electron chi connectivity index (χ1n) is 3.98. The van der Waals surface area contributed by atoms with Crippen molar-refractivity contribution in [2.75, 3.05) is 13.7 Å². The van der Waals surface area contributed by atoms with Gasteiger partial charge in [0.2, 0.25) is 0 Å². The lowest BCUT2D eigenvalue weighted by Gasteiger charge is -2.16. The minimum absolute atomic E-state index is 0.0992. The first-order chi connectivity index (χ1) is 5.61. The van der Waals surface area contributed by atoms with Crippen molar-refractivity contribution in [2.45, 2.75) is 32.5 Å². The summed E-state index contributed by atoms with van der Waals surface area (Å²) in [6, 6.07) is 0. The number of methoxy groups -OCH3 is 1.